The molecule has 1 aliphatic heterocycles. The van der Waals surface area contributed by atoms with E-state index in [2.05, 4.69) is 61.2 Å². The number of aliphatic imine (C=N–C) groups is 1. The number of guanidine groups is 1. The molecule has 0 fully saturated rings. The number of hydrogen-bond donors (Lipinski definition) is 1. The Balaban J connectivity index is 0.00000169. The highest BCUT2D eigenvalue weighted by molar-refractivity contribution is 6.09. The smallest absolute Gasteiger partial charge is 0.201 e. The van der Waals surface area contributed by atoms with Crippen LogP contribution in [0.1, 0.15) is 16.7 Å². The number of rotatable bonds is 1. The Labute approximate surface area is 148 Å². The summed E-state index contributed by atoms with van der Waals surface area (Å²) in [6.07, 6.45) is 0. The molecule has 4 heteroatoms. The van der Waals surface area contributed by atoms with Crippen LogP contribution in [0.2, 0.25) is 0 Å². The zero-order valence-electron chi connectivity index (χ0n) is 13.8. The summed E-state index contributed by atoms with van der Waals surface area (Å²) in [5.41, 5.74) is 12.1. The molecule has 122 valence electrons. The van der Waals surface area contributed by atoms with Crippen molar-refractivity contribution in [3.63, 3.8) is 0 Å². The number of benzene rings is 3. The number of hydrogen-bond acceptors (Lipinski definition) is 1. The van der Waals surface area contributed by atoms with Gasteiger partial charge in [-0.3, -0.25) is 0 Å². The van der Waals surface area contributed by atoms with E-state index in [4.69, 9.17) is 10.7 Å². The SMILES string of the molecule is Cc1cccc(N=C(N)N2Cc3cccc4cccc2c34)c1C.Cl. The fourth-order valence-electron chi connectivity index (χ4n) is 3.25. The van der Waals surface area contributed by atoms with Crippen LogP contribution >= 0.6 is 12.4 Å². The van der Waals surface area contributed by atoms with Gasteiger partial charge in [0, 0.05) is 5.39 Å². The van der Waals surface area contributed by atoms with Gasteiger partial charge in [-0.15, -0.1) is 12.4 Å². The van der Waals surface area contributed by atoms with E-state index >= 15 is 0 Å². The summed E-state index contributed by atoms with van der Waals surface area (Å²) < 4.78 is 0. The van der Waals surface area contributed by atoms with Crippen molar-refractivity contribution in [2.45, 2.75) is 20.4 Å². The molecule has 0 aliphatic carbocycles. The van der Waals surface area contributed by atoms with Gasteiger partial charge < -0.3 is 10.6 Å². The fourth-order valence-corrected chi connectivity index (χ4v) is 3.25. The number of aryl methyl sites for hydroxylation is 1. The van der Waals surface area contributed by atoms with Gasteiger partial charge in [-0.05, 0) is 48.1 Å². The van der Waals surface area contributed by atoms with Crippen LogP contribution in [-0.4, -0.2) is 5.96 Å². The Kier molecular flexibility index (Phi) is 4.20. The fraction of sp³-hybridized carbons (Fsp3) is 0.150. The molecule has 0 bridgehead atoms. The van der Waals surface area contributed by atoms with Crippen molar-refractivity contribution in [3.8, 4) is 0 Å². The quantitative estimate of drug-likeness (QED) is 0.509. The maximum atomic E-state index is 6.36. The highest BCUT2D eigenvalue weighted by Crippen LogP contribution is 2.37. The molecule has 3 aromatic rings. The standard InChI is InChI=1S/C20H19N3.ClH/c1-13-6-3-10-17(14(13)2)22-20(21)23-12-16-9-4-7-15-8-5-11-18(23)19(15)16;/h3-11H,12H2,1-2H3,(H2,21,22);1H. The van der Waals surface area contributed by atoms with Gasteiger partial charge in [-0.25, -0.2) is 4.99 Å². The molecule has 4 rings (SSSR count). The van der Waals surface area contributed by atoms with Crippen LogP contribution in [0.15, 0.2) is 59.6 Å². The van der Waals surface area contributed by atoms with Crippen LogP contribution in [-0.2, 0) is 6.54 Å². The molecular formula is C20H20ClN3. The van der Waals surface area contributed by atoms with Crippen LogP contribution < -0.4 is 10.6 Å². The Morgan fingerprint density at radius 1 is 1.00 bits per heavy atom. The maximum absolute atomic E-state index is 6.36. The van der Waals surface area contributed by atoms with E-state index < -0.39 is 0 Å². The van der Waals surface area contributed by atoms with E-state index in [9.17, 15) is 0 Å². The second-order valence-corrected chi connectivity index (χ2v) is 6.07. The molecule has 1 aliphatic rings. The first-order valence-corrected chi connectivity index (χ1v) is 7.83. The predicted octanol–water partition coefficient (Wildman–Crippen LogP) is 4.84. The number of anilines is 1. The van der Waals surface area contributed by atoms with Gasteiger partial charge in [-0.2, -0.15) is 0 Å². The number of nitrogens with two attached hydrogens (primary N) is 1. The maximum Gasteiger partial charge on any atom is 0.201 e. The van der Waals surface area contributed by atoms with Crippen molar-refractivity contribution >= 4 is 40.5 Å². The van der Waals surface area contributed by atoms with Crippen molar-refractivity contribution < 1.29 is 0 Å². The zero-order chi connectivity index (χ0) is 16.0. The van der Waals surface area contributed by atoms with E-state index in [1.165, 1.54) is 27.5 Å². The van der Waals surface area contributed by atoms with Gasteiger partial charge in [0.05, 0.1) is 17.9 Å². The first-order valence-electron chi connectivity index (χ1n) is 7.83. The zero-order valence-corrected chi connectivity index (χ0v) is 14.6. The summed E-state index contributed by atoms with van der Waals surface area (Å²) in [7, 11) is 0. The van der Waals surface area contributed by atoms with Gasteiger partial charge in [0.25, 0.3) is 0 Å². The van der Waals surface area contributed by atoms with Crippen LogP contribution in [0.5, 0.6) is 0 Å². The molecule has 0 radical (unpaired) electrons. The average Bonchev–Trinajstić information content (AvgIpc) is 2.93. The molecule has 2 N–H and O–H groups in total. The third-order valence-corrected chi connectivity index (χ3v) is 4.68. The predicted molar refractivity (Wildman–Crippen MR) is 105 cm³/mol. The average molecular weight is 338 g/mol. The van der Waals surface area contributed by atoms with E-state index in [-0.39, 0.29) is 12.4 Å². The molecular weight excluding hydrogens is 318 g/mol. The lowest BCUT2D eigenvalue weighted by Crippen LogP contribution is -2.34. The van der Waals surface area contributed by atoms with Crippen LogP contribution in [0, 0.1) is 13.8 Å². The highest BCUT2D eigenvalue weighted by Gasteiger charge is 2.23. The first kappa shape index (κ1) is 16.3. The second kappa shape index (κ2) is 6.17. The van der Waals surface area contributed by atoms with Crippen molar-refractivity contribution in [2.24, 2.45) is 10.7 Å². The largest absolute Gasteiger partial charge is 0.369 e. The number of nitrogens with zero attached hydrogens (tertiary/aromatic N) is 2. The molecule has 0 aromatic heterocycles. The summed E-state index contributed by atoms with van der Waals surface area (Å²) in [4.78, 5) is 6.79. The van der Waals surface area contributed by atoms with Crippen LogP contribution in [0.3, 0.4) is 0 Å². The monoisotopic (exact) mass is 337 g/mol. The summed E-state index contributed by atoms with van der Waals surface area (Å²) in [5.74, 6) is 0.544. The summed E-state index contributed by atoms with van der Waals surface area (Å²) >= 11 is 0. The lowest BCUT2D eigenvalue weighted by atomic mass is 10.1. The van der Waals surface area contributed by atoms with Crippen LogP contribution in [0.4, 0.5) is 11.4 Å². The number of halogens is 1. The van der Waals surface area contributed by atoms with Crippen molar-refractivity contribution in [1.82, 2.24) is 0 Å². The lowest BCUT2D eigenvalue weighted by Gasteiger charge is -2.19. The normalized spacial score (nSPS) is 13.2. The minimum absolute atomic E-state index is 0. The van der Waals surface area contributed by atoms with Gasteiger partial charge >= 0.3 is 0 Å². The van der Waals surface area contributed by atoms with Gasteiger partial charge in [0.1, 0.15) is 0 Å². The molecule has 3 nitrogen and oxygen atoms in total. The molecule has 0 saturated heterocycles. The van der Waals surface area contributed by atoms with E-state index in [1.807, 2.05) is 12.1 Å². The molecule has 0 saturated carbocycles. The Morgan fingerprint density at radius 2 is 1.71 bits per heavy atom. The van der Waals surface area contributed by atoms with Crippen molar-refractivity contribution in [3.05, 3.63) is 71.3 Å². The van der Waals surface area contributed by atoms with Gasteiger partial charge in [0.2, 0.25) is 5.96 Å². The molecule has 0 spiro atoms. The Hall–Kier alpha value is -2.52. The molecule has 24 heavy (non-hydrogen) atoms. The highest BCUT2D eigenvalue weighted by atomic mass is 35.5. The summed E-state index contributed by atoms with van der Waals surface area (Å²) in [6.45, 7) is 4.95. The Morgan fingerprint density at radius 3 is 2.50 bits per heavy atom. The van der Waals surface area contributed by atoms with Crippen molar-refractivity contribution in [2.75, 3.05) is 4.90 Å². The summed E-state index contributed by atoms with van der Waals surface area (Å²) in [5, 5.41) is 2.54. The van der Waals surface area contributed by atoms with Gasteiger partial charge in [-0.1, -0.05) is 42.5 Å². The van der Waals surface area contributed by atoms with E-state index in [1.54, 1.807) is 0 Å². The molecule has 0 unspecified atom stereocenters. The minimum Gasteiger partial charge on any atom is -0.369 e. The topological polar surface area (TPSA) is 41.6 Å². The molecule has 1 heterocycles. The minimum atomic E-state index is 0. The van der Waals surface area contributed by atoms with Gasteiger partial charge in [0.15, 0.2) is 0 Å². The van der Waals surface area contributed by atoms with Crippen molar-refractivity contribution in [1.29, 1.82) is 0 Å². The third-order valence-electron chi connectivity index (χ3n) is 4.68. The lowest BCUT2D eigenvalue weighted by molar-refractivity contribution is 1.04. The molecule has 0 atom stereocenters. The Bertz CT molecular complexity index is 942. The second-order valence-electron chi connectivity index (χ2n) is 6.07. The first-order chi connectivity index (χ1) is 11.1. The van der Waals surface area contributed by atoms with E-state index in [0.29, 0.717) is 5.96 Å². The third kappa shape index (κ3) is 2.51. The van der Waals surface area contributed by atoms with Crippen LogP contribution in [0.25, 0.3) is 10.8 Å². The molecule has 3 aromatic carbocycles. The summed E-state index contributed by atoms with van der Waals surface area (Å²) in [6, 6.07) is 18.9. The molecule has 0 amide bonds. The van der Waals surface area contributed by atoms with E-state index in [0.717, 1.165) is 17.9 Å².